The molecule has 0 radical (unpaired) electrons. The van der Waals surface area contributed by atoms with Gasteiger partial charge in [0.1, 0.15) is 21.3 Å². The summed E-state index contributed by atoms with van der Waals surface area (Å²) < 4.78 is 12.8. The molecule has 3 aromatic heterocycles. The van der Waals surface area contributed by atoms with E-state index < -0.39 is 4.75 Å². The lowest BCUT2D eigenvalue weighted by Gasteiger charge is -2.29. The van der Waals surface area contributed by atoms with Crippen LogP contribution in [-0.2, 0) is 9.59 Å². The van der Waals surface area contributed by atoms with E-state index in [4.69, 9.17) is 4.98 Å². The number of hydrogen-bond acceptors (Lipinski definition) is 9. The number of thioether (sulfide) groups is 1. The number of H-pyrrole nitrogens is 1. The maximum absolute atomic E-state index is 13.7. The number of hydrogen-bond donors (Lipinski definition) is 2. The fourth-order valence-electron chi connectivity index (χ4n) is 5.94. The average Bonchev–Trinajstić information content (AvgIpc) is 3.85. The fraction of sp³-hybridized carbons (Fsp3) is 0.273. The molecule has 46 heavy (non-hydrogen) atoms. The number of anilines is 1. The predicted molar refractivity (Wildman–Crippen MR) is 180 cm³/mol. The first-order valence-electron chi connectivity index (χ1n) is 14.9. The number of fused-ring (bicyclic) bond motifs is 1. The summed E-state index contributed by atoms with van der Waals surface area (Å²) in [5.74, 6) is 0.266. The highest BCUT2D eigenvalue weighted by atomic mass is 32.2. The molecule has 0 aliphatic carbocycles. The lowest BCUT2D eigenvalue weighted by atomic mass is 10.1. The van der Waals surface area contributed by atoms with Gasteiger partial charge in [0.15, 0.2) is 5.82 Å². The normalized spacial score (nSPS) is 18.6. The van der Waals surface area contributed by atoms with Crippen molar-refractivity contribution in [3.05, 3.63) is 83.2 Å². The molecule has 2 N–H and O–H groups in total. The van der Waals surface area contributed by atoms with E-state index in [-0.39, 0.29) is 24.2 Å². The number of benzene rings is 2. The zero-order valence-electron chi connectivity index (χ0n) is 25.1. The molecule has 13 heteroatoms. The third-order valence-electron chi connectivity index (χ3n) is 8.55. The lowest BCUT2D eigenvalue weighted by molar-refractivity contribution is -0.132. The molecule has 5 aromatic rings. The molecule has 5 heterocycles. The number of carbonyl (C=O) groups excluding carboxylic acids is 2. The highest BCUT2D eigenvalue weighted by Gasteiger charge is 2.44. The number of halogens is 1. The third-order valence-corrected chi connectivity index (χ3v) is 10.8. The zero-order chi connectivity index (χ0) is 31.7. The minimum atomic E-state index is -0.675. The van der Waals surface area contributed by atoms with Crippen LogP contribution < -0.4 is 5.32 Å². The van der Waals surface area contributed by atoms with Crippen LogP contribution in [0.25, 0.3) is 39.3 Å². The van der Waals surface area contributed by atoms with Crippen LogP contribution in [0.3, 0.4) is 0 Å². The van der Waals surface area contributed by atoms with Crippen molar-refractivity contribution in [1.82, 2.24) is 34.9 Å². The van der Waals surface area contributed by atoms with Gasteiger partial charge in [-0.2, -0.15) is 5.10 Å². The first-order valence-corrected chi connectivity index (χ1v) is 17.0. The summed E-state index contributed by atoms with van der Waals surface area (Å²) in [6, 6.07) is 13.6. The highest BCUT2D eigenvalue weighted by molar-refractivity contribution is 8.00. The number of amides is 2. The second-order valence-electron chi connectivity index (χ2n) is 11.4. The summed E-state index contributed by atoms with van der Waals surface area (Å²) in [7, 11) is 0. The van der Waals surface area contributed by atoms with E-state index >= 15 is 0 Å². The Balaban J connectivity index is 0.968. The quantitative estimate of drug-likeness (QED) is 0.230. The van der Waals surface area contributed by atoms with Crippen molar-refractivity contribution in [2.45, 2.75) is 17.6 Å². The minimum Gasteiger partial charge on any atom is -0.338 e. The van der Waals surface area contributed by atoms with E-state index in [0.717, 1.165) is 39.2 Å². The molecule has 2 amide bonds. The Morgan fingerprint density at radius 1 is 1.13 bits per heavy atom. The Kier molecular flexibility index (Phi) is 8.36. The van der Waals surface area contributed by atoms with Crippen LogP contribution in [0.15, 0.2) is 72.4 Å². The van der Waals surface area contributed by atoms with Crippen molar-refractivity contribution in [3.8, 4) is 22.8 Å². The largest absolute Gasteiger partial charge is 0.338 e. The standard InChI is InChI=1S/C33H31FN8O2S2/c1-45-33(32(44)37-24-7-8-26-25(17-24)29(40-39-26)21-3-5-23(34)6-4-21)11-16-41(20-33)18-28(43)42-14-9-22(10-15-42)31-38-27(19-46-31)30-35-12-2-13-36-30/h2-9,12-13,17,19H,10-11,14-16,18,20H2,1H3,(H,37,44)(H,39,40)/t33-/m0/s1. The molecular weight excluding hydrogens is 624 g/mol. The number of thiazole rings is 1. The second-order valence-corrected chi connectivity index (χ2v) is 13.4. The maximum Gasteiger partial charge on any atom is 0.241 e. The Hall–Kier alpha value is -4.46. The summed E-state index contributed by atoms with van der Waals surface area (Å²) in [5, 5.41) is 14.3. The van der Waals surface area contributed by atoms with Gasteiger partial charge < -0.3 is 10.2 Å². The first-order chi connectivity index (χ1) is 22.4. The van der Waals surface area contributed by atoms with Gasteiger partial charge in [-0.1, -0.05) is 6.08 Å². The summed E-state index contributed by atoms with van der Waals surface area (Å²) in [6.45, 7) is 2.57. The van der Waals surface area contributed by atoms with Crippen LogP contribution in [0.2, 0.25) is 0 Å². The third kappa shape index (κ3) is 6.05. The molecule has 2 aliphatic rings. The Bertz CT molecular complexity index is 1930. The van der Waals surface area contributed by atoms with E-state index in [1.807, 2.05) is 34.7 Å². The lowest BCUT2D eigenvalue weighted by Crippen LogP contribution is -2.45. The van der Waals surface area contributed by atoms with E-state index in [2.05, 4.69) is 36.5 Å². The highest BCUT2D eigenvalue weighted by Crippen LogP contribution is 2.36. The molecule has 1 saturated heterocycles. The number of rotatable bonds is 8. The molecule has 1 fully saturated rings. The molecule has 0 bridgehead atoms. The van der Waals surface area contributed by atoms with Gasteiger partial charge >= 0.3 is 0 Å². The molecule has 1 atom stereocenters. The number of nitrogens with zero attached hydrogens (tertiary/aromatic N) is 6. The molecule has 2 aromatic carbocycles. The first kappa shape index (κ1) is 30.2. The maximum atomic E-state index is 13.7. The molecule has 10 nitrogen and oxygen atoms in total. The van der Waals surface area contributed by atoms with Gasteiger partial charge in [0.25, 0.3) is 0 Å². The second kappa shape index (κ2) is 12.7. The SMILES string of the molecule is CS[C@@]1(C(=O)Nc2ccc3[nH]nc(-c4ccc(F)cc4)c3c2)CCN(CC(=O)N2CC=C(c3nc(-c4ncccn4)cs3)CC2)C1. The molecule has 7 rings (SSSR count). The van der Waals surface area contributed by atoms with Crippen molar-refractivity contribution in [2.75, 3.05) is 44.3 Å². The summed E-state index contributed by atoms with van der Waals surface area (Å²) >= 11 is 3.09. The van der Waals surface area contributed by atoms with Gasteiger partial charge in [-0.25, -0.2) is 19.3 Å². The topological polar surface area (TPSA) is 120 Å². The van der Waals surface area contributed by atoms with E-state index in [0.29, 0.717) is 49.8 Å². The van der Waals surface area contributed by atoms with Crippen LogP contribution in [0, 0.1) is 5.82 Å². The number of likely N-dealkylation sites (tertiary alicyclic amines) is 1. The van der Waals surface area contributed by atoms with Crippen LogP contribution in [0.5, 0.6) is 0 Å². The number of aromatic nitrogens is 5. The molecule has 2 aliphatic heterocycles. The van der Waals surface area contributed by atoms with Crippen LogP contribution in [-0.4, -0.2) is 90.5 Å². The number of carbonyl (C=O) groups is 2. The van der Waals surface area contributed by atoms with Gasteiger partial charge in [-0.05, 0) is 73.2 Å². The van der Waals surface area contributed by atoms with Gasteiger partial charge in [0.2, 0.25) is 11.8 Å². The van der Waals surface area contributed by atoms with Gasteiger partial charge in [0.05, 0.1) is 17.8 Å². The van der Waals surface area contributed by atoms with Crippen LogP contribution >= 0.6 is 23.1 Å². The van der Waals surface area contributed by atoms with Crippen molar-refractivity contribution in [1.29, 1.82) is 0 Å². The van der Waals surface area contributed by atoms with E-state index in [1.165, 1.54) is 23.9 Å². The Morgan fingerprint density at radius 3 is 2.72 bits per heavy atom. The minimum absolute atomic E-state index is 0.0591. The van der Waals surface area contributed by atoms with Gasteiger partial charge in [-0.3, -0.25) is 19.6 Å². The van der Waals surface area contributed by atoms with Gasteiger partial charge in [-0.15, -0.1) is 23.1 Å². The summed E-state index contributed by atoms with van der Waals surface area (Å²) in [5.41, 5.74) is 4.84. The fourth-order valence-corrected chi connectivity index (χ4v) is 7.65. The summed E-state index contributed by atoms with van der Waals surface area (Å²) in [6.07, 6.45) is 8.81. The molecule has 0 unspecified atom stereocenters. The van der Waals surface area contributed by atoms with Crippen LogP contribution in [0.1, 0.15) is 17.8 Å². The van der Waals surface area contributed by atoms with Crippen molar-refractivity contribution < 1.29 is 14.0 Å². The zero-order valence-corrected chi connectivity index (χ0v) is 26.7. The molecular formula is C33H31FN8O2S2. The molecule has 0 spiro atoms. The van der Waals surface area contributed by atoms with Gasteiger partial charge in [0, 0.05) is 60.6 Å². The Morgan fingerprint density at radius 2 is 1.96 bits per heavy atom. The van der Waals surface area contributed by atoms with E-state index in [1.54, 1.807) is 41.9 Å². The summed E-state index contributed by atoms with van der Waals surface area (Å²) in [4.78, 5) is 44.2. The van der Waals surface area contributed by atoms with E-state index in [9.17, 15) is 14.0 Å². The van der Waals surface area contributed by atoms with Crippen LogP contribution in [0.4, 0.5) is 10.1 Å². The smallest absolute Gasteiger partial charge is 0.241 e. The molecule has 234 valence electrons. The average molecular weight is 655 g/mol. The van der Waals surface area contributed by atoms with Crippen molar-refractivity contribution >= 4 is 57.1 Å². The Labute approximate surface area is 273 Å². The monoisotopic (exact) mass is 654 g/mol. The number of aromatic amines is 1. The molecule has 0 saturated carbocycles. The predicted octanol–water partition coefficient (Wildman–Crippen LogP) is 5.34. The number of nitrogens with one attached hydrogen (secondary N) is 2. The van der Waals surface area contributed by atoms with Crippen molar-refractivity contribution in [2.24, 2.45) is 0 Å². The van der Waals surface area contributed by atoms with Crippen molar-refractivity contribution in [3.63, 3.8) is 0 Å².